The van der Waals surface area contributed by atoms with E-state index in [9.17, 15) is 0 Å². The molecule has 0 amide bonds. The molecule has 0 aromatic heterocycles. The quantitative estimate of drug-likeness (QED) is 0.714. The van der Waals surface area contributed by atoms with Gasteiger partial charge in [0.2, 0.25) is 0 Å². The van der Waals surface area contributed by atoms with Crippen LogP contribution in [0.3, 0.4) is 0 Å². The lowest BCUT2D eigenvalue weighted by atomic mass is 10.1. The van der Waals surface area contributed by atoms with Gasteiger partial charge in [-0.05, 0) is 18.1 Å². The summed E-state index contributed by atoms with van der Waals surface area (Å²) in [5.74, 6) is 0.858. The maximum atomic E-state index is 5.74. The zero-order chi connectivity index (χ0) is 12.2. The van der Waals surface area contributed by atoms with Crippen LogP contribution in [0, 0.1) is 0 Å². The molecule has 1 aromatic rings. The Labute approximate surface area is 119 Å². The number of hydrogen-bond acceptors (Lipinski definition) is 1. The molecule has 1 atom stereocenters. The van der Waals surface area contributed by atoms with Crippen LogP contribution in [-0.2, 0) is 6.42 Å². The first kappa shape index (κ1) is 14.4. The minimum atomic E-state index is -1.23. The molecule has 0 bridgehead atoms. The molecule has 0 heterocycles. The van der Waals surface area contributed by atoms with Gasteiger partial charge in [-0.3, -0.25) is 0 Å². The number of benzene rings is 1. The Morgan fingerprint density at radius 3 is 2.50 bits per heavy atom. The number of ether oxygens (including phenoxy) is 1. The van der Waals surface area contributed by atoms with Gasteiger partial charge in [0.15, 0.2) is 3.79 Å². The van der Waals surface area contributed by atoms with Crippen LogP contribution in [0.15, 0.2) is 24.3 Å². The van der Waals surface area contributed by atoms with Crippen LogP contribution >= 0.6 is 50.7 Å². The van der Waals surface area contributed by atoms with Crippen LogP contribution < -0.4 is 4.74 Å². The van der Waals surface area contributed by atoms with Crippen molar-refractivity contribution in [3.63, 3.8) is 0 Å². The SMILES string of the molecule is COc1ccccc1CC(Br)CC(Cl)(Cl)Cl. The van der Waals surface area contributed by atoms with Gasteiger partial charge in [0, 0.05) is 11.2 Å². The van der Waals surface area contributed by atoms with E-state index in [2.05, 4.69) is 15.9 Å². The summed E-state index contributed by atoms with van der Waals surface area (Å²) < 4.78 is 4.03. The van der Waals surface area contributed by atoms with Gasteiger partial charge in [-0.25, -0.2) is 0 Å². The third kappa shape index (κ3) is 5.13. The second-order valence-electron chi connectivity index (χ2n) is 3.43. The highest BCUT2D eigenvalue weighted by molar-refractivity contribution is 9.09. The Kier molecular flexibility index (Phi) is 5.72. The van der Waals surface area contributed by atoms with E-state index in [0.29, 0.717) is 6.42 Å². The second kappa shape index (κ2) is 6.34. The van der Waals surface area contributed by atoms with Crippen molar-refractivity contribution in [2.75, 3.05) is 7.11 Å². The number of hydrogen-bond donors (Lipinski definition) is 0. The summed E-state index contributed by atoms with van der Waals surface area (Å²) in [4.78, 5) is 0.108. The normalized spacial score (nSPS) is 13.6. The zero-order valence-electron chi connectivity index (χ0n) is 8.72. The molecule has 0 radical (unpaired) electrons. The molecule has 0 aliphatic carbocycles. The molecular formula is C11H12BrCl3O. The summed E-state index contributed by atoms with van der Waals surface area (Å²) >= 11 is 20.7. The smallest absolute Gasteiger partial charge is 0.191 e. The molecular weight excluding hydrogens is 334 g/mol. The van der Waals surface area contributed by atoms with E-state index >= 15 is 0 Å². The van der Waals surface area contributed by atoms with Crippen LogP contribution in [0.1, 0.15) is 12.0 Å². The molecule has 0 fully saturated rings. The molecule has 1 aromatic carbocycles. The lowest BCUT2D eigenvalue weighted by Gasteiger charge is -2.17. The Hall–Kier alpha value is 0.370. The first-order valence-corrected chi connectivity index (χ1v) is 6.80. The van der Waals surface area contributed by atoms with Crippen molar-refractivity contribution < 1.29 is 4.74 Å². The third-order valence-corrected chi connectivity index (χ3v) is 3.20. The monoisotopic (exact) mass is 344 g/mol. The zero-order valence-corrected chi connectivity index (χ0v) is 12.6. The Morgan fingerprint density at radius 2 is 1.94 bits per heavy atom. The van der Waals surface area contributed by atoms with Gasteiger partial charge in [-0.1, -0.05) is 68.9 Å². The number of methoxy groups -OCH3 is 1. The van der Waals surface area contributed by atoms with Crippen molar-refractivity contribution >= 4 is 50.7 Å². The van der Waals surface area contributed by atoms with Crippen LogP contribution in [0.5, 0.6) is 5.75 Å². The summed E-state index contributed by atoms with van der Waals surface area (Å²) in [7, 11) is 1.65. The van der Waals surface area contributed by atoms with Crippen LogP contribution in [0.4, 0.5) is 0 Å². The highest BCUT2D eigenvalue weighted by Gasteiger charge is 2.24. The minimum absolute atomic E-state index is 0.108. The number of halogens is 4. The summed E-state index contributed by atoms with van der Waals surface area (Å²) in [5.41, 5.74) is 1.10. The molecule has 0 saturated heterocycles. The highest BCUT2D eigenvalue weighted by atomic mass is 79.9. The molecule has 0 N–H and O–H groups in total. The molecule has 0 spiro atoms. The minimum Gasteiger partial charge on any atom is -0.496 e. The summed E-state index contributed by atoms with van der Waals surface area (Å²) in [6.45, 7) is 0. The van der Waals surface area contributed by atoms with E-state index in [1.54, 1.807) is 7.11 Å². The van der Waals surface area contributed by atoms with Crippen LogP contribution in [0.2, 0.25) is 0 Å². The maximum absolute atomic E-state index is 5.74. The van der Waals surface area contributed by atoms with Crippen molar-refractivity contribution in [3.8, 4) is 5.75 Å². The average molecular weight is 346 g/mol. The fraction of sp³-hybridized carbons (Fsp3) is 0.455. The summed E-state index contributed by atoms with van der Waals surface area (Å²) in [6, 6.07) is 7.82. The van der Waals surface area contributed by atoms with E-state index in [1.165, 1.54) is 0 Å². The Balaban J connectivity index is 2.65. The average Bonchev–Trinajstić information content (AvgIpc) is 2.15. The fourth-order valence-electron chi connectivity index (χ4n) is 1.43. The summed E-state index contributed by atoms with van der Waals surface area (Å²) in [6.07, 6.45) is 1.22. The number of para-hydroxylation sites is 1. The molecule has 0 aliphatic heterocycles. The molecule has 1 nitrogen and oxygen atoms in total. The Bertz CT molecular complexity index is 338. The molecule has 0 saturated carbocycles. The van der Waals surface area contributed by atoms with Gasteiger partial charge in [0.1, 0.15) is 5.75 Å². The highest BCUT2D eigenvalue weighted by Crippen LogP contribution is 2.35. The van der Waals surface area contributed by atoms with E-state index in [0.717, 1.165) is 17.7 Å². The largest absolute Gasteiger partial charge is 0.496 e. The van der Waals surface area contributed by atoms with Crippen molar-refractivity contribution in [2.24, 2.45) is 0 Å². The molecule has 1 rings (SSSR count). The third-order valence-electron chi connectivity index (χ3n) is 2.09. The number of rotatable bonds is 4. The van der Waals surface area contributed by atoms with Gasteiger partial charge in [-0.2, -0.15) is 0 Å². The van der Waals surface area contributed by atoms with E-state index in [1.807, 2.05) is 24.3 Å². The van der Waals surface area contributed by atoms with E-state index < -0.39 is 3.79 Å². The van der Waals surface area contributed by atoms with Crippen LogP contribution in [-0.4, -0.2) is 15.7 Å². The van der Waals surface area contributed by atoms with Crippen molar-refractivity contribution in [1.29, 1.82) is 0 Å². The van der Waals surface area contributed by atoms with E-state index in [4.69, 9.17) is 39.5 Å². The lowest BCUT2D eigenvalue weighted by Crippen LogP contribution is -2.14. The first-order chi connectivity index (χ1) is 7.42. The van der Waals surface area contributed by atoms with Crippen molar-refractivity contribution in [2.45, 2.75) is 21.5 Å². The maximum Gasteiger partial charge on any atom is 0.191 e. The van der Waals surface area contributed by atoms with Crippen molar-refractivity contribution in [3.05, 3.63) is 29.8 Å². The molecule has 16 heavy (non-hydrogen) atoms. The van der Waals surface area contributed by atoms with Crippen molar-refractivity contribution in [1.82, 2.24) is 0 Å². The predicted molar refractivity (Wildman–Crippen MR) is 74.3 cm³/mol. The molecule has 5 heteroatoms. The summed E-state index contributed by atoms with van der Waals surface area (Å²) in [5, 5.41) is 0. The molecule has 90 valence electrons. The fourth-order valence-corrected chi connectivity index (χ4v) is 3.39. The first-order valence-electron chi connectivity index (χ1n) is 4.75. The van der Waals surface area contributed by atoms with E-state index in [-0.39, 0.29) is 4.83 Å². The Morgan fingerprint density at radius 1 is 1.31 bits per heavy atom. The van der Waals surface area contributed by atoms with Gasteiger partial charge in [-0.15, -0.1) is 0 Å². The second-order valence-corrected chi connectivity index (χ2v) is 7.24. The van der Waals surface area contributed by atoms with Gasteiger partial charge >= 0.3 is 0 Å². The van der Waals surface area contributed by atoms with Gasteiger partial charge in [0.25, 0.3) is 0 Å². The molecule has 1 unspecified atom stereocenters. The predicted octanol–water partition coefficient (Wildman–Crippen LogP) is 4.76. The topological polar surface area (TPSA) is 9.23 Å². The lowest BCUT2D eigenvalue weighted by molar-refractivity contribution is 0.409. The molecule has 0 aliphatic rings. The van der Waals surface area contributed by atoms with Gasteiger partial charge in [0.05, 0.1) is 7.11 Å². The van der Waals surface area contributed by atoms with Crippen LogP contribution in [0.25, 0.3) is 0 Å². The van der Waals surface area contributed by atoms with Gasteiger partial charge < -0.3 is 4.74 Å². The number of alkyl halides is 4. The standard InChI is InChI=1S/C11H12BrCl3O/c1-16-10-5-3-2-4-8(10)6-9(12)7-11(13,14)15/h2-5,9H,6-7H2,1H3.